The van der Waals surface area contributed by atoms with Crippen molar-refractivity contribution in [1.29, 1.82) is 0 Å². The molecular weight excluding hydrogens is 549 g/mol. The number of thiophene rings is 1. The number of anilines is 2. The molecule has 6 heterocycles. The molecule has 204 valence electrons. The van der Waals surface area contributed by atoms with Gasteiger partial charge in [-0.1, -0.05) is 0 Å². The molecule has 0 aromatic carbocycles. The summed E-state index contributed by atoms with van der Waals surface area (Å²) < 4.78 is 47.6. The summed E-state index contributed by atoms with van der Waals surface area (Å²) in [5.74, 6) is 1.54. The Kier molecular flexibility index (Phi) is 6.29. The molecule has 1 saturated carbocycles. The summed E-state index contributed by atoms with van der Waals surface area (Å²) in [7, 11) is 0. The molecule has 0 bridgehead atoms. The molecule has 13 heteroatoms. The van der Waals surface area contributed by atoms with E-state index in [1.54, 1.807) is 11.0 Å². The van der Waals surface area contributed by atoms with Crippen molar-refractivity contribution in [3.8, 4) is 10.6 Å². The van der Waals surface area contributed by atoms with Crippen LogP contribution in [-0.4, -0.2) is 63.9 Å². The lowest BCUT2D eigenvalue weighted by Crippen LogP contribution is -2.52. The molecule has 2 fully saturated rings. The van der Waals surface area contributed by atoms with Crippen LogP contribution in [0.3, 0.4) is 0 Å². The molecule has 1 aliphatic carbocycles. The molecule has 0 radical (unpaired) electrons. The van der Waals surface area contributed by atoms with Crippen LogP contribution in [0.2, 0.25) is 0 Å². The Labute approximate surface area is 230 Å². The van der Waals surface area contributed by atoms with E-state index in [2.05, 4.69) is 26.7 Å². The van der Waals surface area contributed by atoms with Gasteiger partial charge in [0, 0.05) is 48.6 Å². The number of hydrogen-bond donors (Lipinski definition) is 2. The summed E-state index contributed by atoms with van der Waals surface area (Å²) in [6.45, 7) is 3.14. The maximum atomic E-state index is 14.1. The number of carbonyl (C=O) groups is 1. The highest BCUT2D eigenvalue weighted by Crippen LogP contribution is 2.46. The first-order valence-electron chi connectivity index (χ1n) is 13.0. The van der Waals surface area contributed by atoms with E-state index in [4.69, 9.17) is 9.72 Å². The minimum Gasteiger partial charge on any atom is -0.377 e. The average Bonchev–Trinajstić information content (AvgIpc) is 3.66. The zero-order valence-electron chi connectivity index (χ0n) is 20.8. The van der Waals surface area contributed by atoms with Gasteiger partial charge in [-0.25, -0.2) is 15.0 Å². The van der Waals surface area contributed by atoms with Crippen LogP contribution in [0.25, 0.3) is 10.6 Å². The summed E-state index contributed by atoms with van der Waals surface area (Å²) in [4.78, 5) is 29.8. The van der Waals surface area contributed by atoms with Gasteiger partial charge in [-0.2, -0.15) is 13.2 Å². The van der Waals surface area contributed by atoms with Crippen LogP contribution >= 0.6 is 23.1 Å². The number of nitrogens with one attached hydrogen (secondary N) is 2. The lowest BCUT2D eigenvalue weighted by molar-refractivity contribution is -0.137. The van der Waals surface area contributed by atoms with Crippen molar-refractivity contribution in [3.63, 3.8) is 0 Å². The minimum absolute atomic E-state index is 0.00995. The van der Waals surface area contributed by atoms with E-state index in [0.29, 0.717) is 47.0 Å². The van der Waals surface area contributed by atoms with Crippen LogP contribution < -0.4 is 10.6 Å². The molecule has 3 aliphatic heterocycles. The van der Waals surface area contributed by atoms with Gasteiger partial charge in [0.2, 0.25) is 5.95 Å². The van der Waals surface area contributed by atoms with Gasteiger partial charge in [-0.3, -0.25) is 4.79 Å². The van der Waals surface area contributed by atoms with Crippen LogP contribution in [0, 0.1) is 0 Å². The van der Waals surface area contributed by atoms with Crippen LogP contribution in [0.1, 0.15) is 50.8 Å². The van der Waals surface area contributed by atoms with E-state index >= 15 is 0 Å². The van der Waals surface area contributed by atoms with E-state index < -0.39 is 11.7 Å². The lowest BCUT2D eigenvalue weighted by atomic mass is 10.0. The normalized spacial score (nSPS) is 19.8. The molecule has 1 amide bonds. The van der Waals surface area contributed by atoms with E-state index in [-0.39, 0.29) is 28.5 Å². The zero-order chi connectivity index (χ0) is 26.7. The van der Waals surface area contributed by atoms with Crippen molar-refractivity contribution in [2.45, 2.75) is 48.8 Å². The summed E-state index contributed by atoms with van der Waals surface area (Å²) in [6, 6.07) is 3.82. The van der Waals surface area contributed by atoms with Crippen molar-refractivity contribution >= 4 is 40.8 Å². The Morgan fingerprint density at radius 1 is 1.18 bits per heavy atom. The SMILES string of the molecule is O=C1c2sc(-c3nc(Nc4nc5c(cc4C4CC4)CNCC5)ncc3C(F)(F)F)cc2SCCN1C1COC1. The number of hydrogen-bond acceptors (Lipinski definition) is 9. The van der Waals surface area contributed by atoms with Crippen LogP contribution in [0.4, 0.5) is 24.9 Å². The number of rotatable bonds is 5. The summed E-state index contributed by atoms with van der Waals surface area (Å²) in [6.07, 6.45) is -0.944. The van der Waals surface area contributed by atoms with Gasteiger partial charge >= 0.3 is 6.18 Å². The van der Waals surface area contributed by atoms with Crippen LogP contribution in [0.5, 0.6) is 0 Å². The highest BCUT2D eigenvalue weighted by atomic mass is 32.2. The molecule has 8 nitrogen and oxygen atoms in total. The van der Waals surface area contributed by atoms with Crippen LogP contribution in [-0.2, 0) is 23.9 Å². The molecule has 3 aromatic rings. The van der Waals surface area contributed by atoms with Crippen molar-refractivity contribution in [2.24, 2.45) is 0 Å². The second kappa shape index (κ2) is 9.72. The number of ether oxygens (including phenoxy) is 1. The maximum Gasteiger partial charge on any atom is 0.420 e. The second-order valence-electron chi connectivity index (χ2n) is 10.2. The molecule has 4 aliphatic rings. The summed E-state index contributed by atoms with van der Waals surface area (Å²) in [5, 5.41) is 6.50. The molecule has 0 spiro atoms. The van der Waals surface area contributed by atoms with Gasteiger partial charge in [0.15, 0.2) is 0 Å². The molecular formula is C26H25F3N6O2S2. The molecule has 0 atom stereocenters. The van der Waals surface area contributed by atoms with Crippen LogP contribution in [0.15, 0.2) is 23.2 Å². The van der Waals surface area contributed by atoms with Crippen molar-refractivity contribution in [2.75, 3.05) is 37.4 Å². The Morgan fingerprint density at radius 3 is 2.77 bits per heavy atom. The van der Waals surface area contributed by atoms with Gasteiger partial charge < -0.3 is 20.3 Å². The van der Waals surface area contributed by atoms with E-state index in [0.717, 1.165) is 66.7 Å². The lowest BCUT2D eigenvalue weighted by Gasteiger charge is -2.36. The third-order valence-electron chi connectivity index (χ3n) is 7.45. The number of alkyl halides is 3. The first kappa shape index (κ1) is 25.2. The molecule has 2 N–H and O–H groups in total. The third-order valence-corrected chi connectivity index (χ3v) is 9.73. The van der Waals surface area contributed by atoms with Crippen molar-refractivity contribution in [3.05, 3.63) is 45.6 Å². The molecule has 3 aromatic heterocycles. The Hall–Kier alpha value is -2.74. The Morgan fingerprint density at radius 2 is 2.03 bits per heavy atom. The van der Waals surface area contributed by atoms with E-state index in [9.17, 15) is 18.0 Å². The summed E-state index contributed by atoms with van der Waals surface area (Å²) in [5.41, 5.74) is 2.02. The zero-order valence-corrected chi connectivity index (χ0v) is 22.4. The molecule has 1 saturated heterocycles. The number of fused-ring (bicyclic) bond motifs is 2. The number of carbonyl (C=O) groups excluding carboxylic acids is 1. The Bertz CT molecular complexity index is 1450. The Balaban J connectivity index is 1.26. The standard InChI is InChI=1S/C26H25F3N6O2S2/c27-26(28,29)17-10-31-25(34-23-16(13-1-2-13)7-14-9-30-4-3-18(14)32-23)33-21(17)19-8-20-22(39-19)24(36)35(5-6-38-20)15-11-37-12-15/h7-8,10,13,15,30H,1-6,9,11-12H2,(H,31,32,33,34). The fraction of sp³-hybridized carbons (Fsp3) is 0.462. The van der Waals surface area contributed by atoms with Gasteiger partial charge in [0.25, 0.3) is 5.91 Å². The van der Waals surface area contributed by atoms with E-state index in [1.165, 1.54) is 11.8 Å². The fourth-order valence-electron chi connectivity index (χ4n) is 5.14. The number of nitrogens with zero attached hydrogens (tertiary/aromatic N) is 4. The smallest absolute Gasteiger partial charge is 0.377 e. The maximum absolute atomic E-state index is 14.1. The largest absolute Gasteiger partial charge is 0.420 e. The van der Waals surface area contributed by atoms with Gasteiger partial charge in [-0.15, -0.1) is 23.1 Å². The highest BCUT2D eigenvalue weighted by Gasteiger charge is 2.38. The number of pyridine rings is 1. The molecule has 7 rings (SSSR count). The molecule has 0 unspecified atom stereocenters. The summed E-state index contributed by atoms with van der Waals surface area (Å²) >= 11 is 2.54. The third kappa shape index (κ3) is 4.79. The number of aromatic nitrogens is 3. The predicted octanol–water partition coefficient (Wildman–Crippen LogP) is 4.83. The van der Waals surface area contributed by atoms with Gasteiger partial charge in [0.1, 0.15) is 16.3 Å². The number of amides is 1. The number of thioether (sulfide) groups is 1. The molecule has 39 heavy (non-hydrogen) atoms. The second-order valence-corrected chi connectivity index (χ2v) is 12.3. The average molecular weight is 575 g/mol. The first-order chi connectivity index (χ1) is 18.8. The number of halogens is 3. The van der Waals surface area contributed by atoms with Crippen molar-refractivity contribution in [1.82, 2.24) is 25.2 Å². The predicted molar refractivity (Wildman–Crippen MR) is 142 cm³/mol. The van der Waals surface area contributed by atoms with Gasteiger partial charge in [-0.05, 0) is 42.0 Å². The van der Waals surface area contributed by atoms with Crippen molar-refractivity contribution < 1.29 is 22.7 Å². The quantitative estimate of drug-likeness (QED) is 0.448. The fourth-order valence-corrected chi connectivity index (χ4v) is 7.46. The van der Waals surface area contributed by atoms with E-state index in [1.807, 2.05) is 0 Å². The topological polar surface area (TPSA) is 92.3 Å². The monoisotopic (exact) mass is 574 g/mol. The first-order valence-corrected chi connectivity index (χ1v) is 14.8. The van der Waals surface area contributed by atoms with Gasteiger partial charge in [0.05, 0.1) is 29.8 Å². The highest BCUT2D eigenvalue weighted by molar-refractivity contribution is 7.99. The minimum atomic E-state index is -4.65.